The molecule has 1 amide bonds. The lowest BCUT2D eigenvalue weighted by Gasteiger charge is -2.12. The number of aromatic nitrogens is 2. The summed E-state index contributed by atoms with van der Waals surface area (Å²) in [7, 11) is 0. The van der Waals surface area contributed by atoms with E-state index in [0.29, 0.717) is 12.6 Å². The summed E-state index contributed by atoms with van der Waals surface area (Å²) in [4.78, 5) is 20.9. The van der Waals surface area contributed by atoms with Gasteiger partial charge in [0.2, 0.25) is 5.95 Å². The molecule has 7 heteroatoms. The van der Waals surface area contributed by atoms with Crippen LogP contribution in [0.3, 0.4) is 0 Å². The molecule has 0 bridgehead atoms. The van der Waals surface area contributed by atoms with Gasteiger partial charge in [-0.25, -0.2) is 4.98 Å². The molecule has 0 spiro atoms. The van der Waals surface area contributed by atoms with Gasteiger partial charge in [0.1, 0.15) is 11.9 Å². The molecule has 3 N–H and O–H groups in total. The van der Waals surface area contributed by atoms with E-state index in [9.17, 15) is 4.79 Å². The van der Waals surface area contributed by atoms with E-state index in [2.05, 4.69) is 25.9 Å². The quantitative estimate of drug-likeness (QED) is 0.748. The van der Waals surface area contributed by atoms with E-state index in [1.165, 1.54) is 0 Å². The first kappa shape index (κ1) is 17.2. The molecule has 1 saturated heterocycles. The summed E-state index contributed by atoms with van der Waals surface area (Å²) in [6.07, 6.45) is 1.39. The Morgan fingerprint density at radius 1 is 1.24 bits per heavy atom. The summed E-state index contributed by atoms with van der Waals surface area (Å²) < 4.78 is 5.39. The average molecular weight is 341 g/mol. The van der Waals surface area contributed by atoms with Crippen LogP contribution >= 0.6 is 0 Å². The number of nitrogens with one attached hydrogen (secondary N) is 3. The molecule has 1 atom stereocenters. The van der Waals surface area contributed by atoms with Crippen LogP contribution in [0, 0.1) is 6.92 Å². The standard InChI is InChI=1S/C18H23N5O2/c1-3-19-16-11-12(2)20-18(23-16)22-14-8-6-13(7-9-14)21-17(24)15-5-4-10-25-15/h6-9,11,15H,3-5,10H2,1-2H3,(H,21,24)(H2,19,20,22,23). The van der Waals surface area contributed by atoms with Gasteiger partial charge in [-0.05, 0) is 51.0 Å². The van der Waals surface area contributed by atoms with Gasteiger partial charge in [-0.2, -0.15) is 4.98 Å². The second-order valence-corrected chi connectivity index (χ2v) is 5.94. The maximum atomic E-state index is 12.0. The third-order valence-corrected chi connectivity index (χ3v) is 3.84. The van der Waals surface area contributed by atoms with Crippen molar-refractivity contribution in [1.29, 1.82) is 0 Å². The van der Waals surface area contributed by atoms with Crippen LogP contribution in [-0.2, 0) is 9.53 Å². The van der Waals surface area contributed by atoms with E-state index in [-0.39, 0.29) is 12.0 Å². The monoisotopic (exact) mass is 341 g/mol. The minimum absolute atomic E-state index is 0.0875. The van der Waals surface area contributed by atoms with E-state index in [4.69, 9.17) is 4.74 Å². The molecular formula is C18H23N5O2. The maximum absolute atomic E-state index is 12.0. The van der Waals surface area contributed by atoms with E-state index in [1.54, 1.807) is 0 Å². The number of ether oxygens (including phenoxy) is 1. The minimum atomic E-state index is -0.331. The number of carbonyl (C=O) groups is 1. The van der Waals surface area contributed by atoms with Gasteiger partial charge in [0.05, 0.1) is 0 Å². The highest BCUT2D eigenvalue weighted by molar-refractivity contribution is 5.94. The first-order valence-electron chi connectivity index (χ1n) is 8.53. The van der Waals surface area contributed by atoms with Crippen LogP contribution < -0.4 is 16.0 Å². The lowest BCUT2D eigenvalue weighted by Crippen LogP contribution is -2.26. The summed E-state index contributed by atoms with van der Waals surface area (Å²) >= 11 is 0. The molecule has 0 saturated carbocycles. The van der Waals surface area contributed by atoms with Crippen molar-refractivity contribution in [2.45, 2.75) is 32.8 Å². The first-order valence-corrected chi connectivity index (χ1v) is 8.53. The predicted octanol–water partition coefficient (Wildman–Crippen LogP) is 3.08. The Labute approximate surface area is 147 Å². The zero-order valence-electron chi connectivity index (χ0n) is 14.5. The number of hydrogen-bond acceptors (Lipinski definition) is 6. The average Bonchev–Trinajstić information content (AvgIpc) is 3.11. The first-order chi connectivity index (χ1) is 12.1. The van der Waals surface area contributed by atoms with E-state index in [0.717, 1.165) is 42.3 Å². The largest absolute Gasteiger partial charge is 0.370 e. The molecule has 1 unspecified atom stereocenters. The Morgan fingerprint density at radius 3 is 2.68 bits per heavy atom. The van der Waals surface area contributed by atoms with Gasteiger partial charge in [-0.15, -0.1) is 0 Å². The van der Waals surface area contributed by atoms with Crippen molar-refractivity contribution in [3.8, 4) is 0 Å². The van der Waals surface area contributed by atoms with Gasteiger partial charge in [0.15, 0.2) is 0 Å². The van der Waals surface area contributed by atoms with E-state index < -0.39 is 0 Å². The number of hydrogen-bond donors (Lipinski definition) is 3. The third-order valence-electron chi connectivity index (χ3n) is 3.84. The predicted molar refractivity (Wildman–Crippen MR) is 98.3 cm³/mol. The number of carbonyl (C=O) groups excluding carboxylic acids is 1. The van der Waals surface area contributed by atoms with E-state index >= 15 is 0 Å². The molecule has 132 valence electrons. The molecule has 3 rings (SSSR count). The highest BCUT2D eigenvalue weighted by Crippen LogP contribution is 2.20. The Morgan fingerprint density at radius 2 is 2.00 bits per heavy atom. The number of amides is 1. The van der Waals surface area contributed by atoms with Gasteiger partial charge < -0.3 is 20.7 Å². The highest BCUT2D eigenvalue weighted by Gasteiger charge is 2.23. The summed E-state index contributed by atoms with van der Waals surface area (Å²) in [5, 5.41) is 9.24. The lowest BCUT2D eigenvalue weighted by atomic mass is 10.2. The molecule has 0 aliphatic carbocycles. The van der Waals surface area contributed by atoms with Crippen LogP contribution in [0.4, 0.5) is 23.1 Å². The Kier molecular flexibility index (Phi) is 5.45. The zero-order chi connectivity index (χ0) is 17.6. The normalized spacial score (nSPS) is 16.5. The summed E-state index contributed by atoms with van der Waals surface area (Å²) in [5.74, 6) is 1.24. The molecule has 1 fully saturated rings. The lowest BCUT2D eigenvalue weighted by molar-refractivity contribution is -0.124. The van der Waals surface area contributed by atoms with Crippen molar-refractivity contribution in [3.63, 3.8) is 0 Å². The van der Waals surface area contributed by atoms with Crippen molar-refractivity contribution in [1.82, 2.24) is 9.97 Å². The molecule has 7 nitrogen and oxygen atoms in total. The molecule has 0 radical (unpaired) electrons. The van der Waals surface area contributed by atoms with Crippen LogP contribution in [0.1, 0.15) is 25.5 Å². The second-order valence-electron chi connectivity index (χ2n) is 5.94. The van der Waals surface area contributed by atoms with Gasteiger partial charge in [-0.1, -0.05) is 0 Å². The van der Waals surface area contributed by atoms with Crippen LogP contribution in [-0.4, -0.2) is 35.1 Å². The van der Waals surface area contributed by atoms with Crippen molar-refractivity contribution >= 4 is 29.0 Å². The summed E-state index contributed by atoms with van der Waals surface area (Å²) in [6, 6.07) is 9.35. The number of rotatable bonds is 6. The summed E-state index contributed by atoms with van der Waals surface area (Å²) in [6.45, 7) is 5.41. The smallest absolute Gasteiger partial charge is 0.253 e. The topological polar surface area (TPSA) is 88.2 Å². The van der Waals surface area contributed by atoms with Gasteiger partial charge in [-0.3, -0.25) is 4.79 Å². The van der Waals surface area contributed by atoms with Gasteiger partial charge in [0.25, 0.3) is 5.91 Å². The Hall–Kier alpha value is -2.67. The fraction of sp³-hybridized carbons (Fsp3) is 0.389. The van der Waals surface area contributed by atoms with Crippen LogP contribution in [0.15, 0.2) is 30.3 Å². The van der Waals surface area contributed by atoms with Gasteiger partial charge >= 0.3 is 0 Å². The Balaban J connectivity index is 1.63. The number of benzene rings is 1. The number of nitrogens with zero attached hydrogens (tertiary/aromatic N) is 2. The second kappa shape index (κ2) is 7.94. The molecular weight excluding hydrogens is 318 g/mol. The van der Waals surface area contributed by atoms with Crippen molar-refractivity contribution in [2.24, 2.45) is 0 Å². The number of anilines is 4. The van der Waals surface area contributed by atoms with Crippen LogP contribution in [0.25, 0.3) is 0 Å². The third kappa shape index (κ3) is 4.67. The zero-order valence-corrected chi connectivity index (χ0v) is 14.5. The SMILES string of the molecule is CCNc1cc(C)nc(Nc2ccc(NC(=O)C3CCCO3)cc2)n1. The van der Waals surface area contributed by atoms with Crippen molar-refractivity contribution in [2.75, 3.05) is 29.1 Å². The molecule has 2 aromatic rings. The Bertz CT molecular complexity index is 727. The molecule has 25 heavy (non-hydrogen) atoms. The van der Waals surface area contributed by atoms with E-state index in [1.807, 2.05) is 44.2 Å². The fourth-order valence-electron chi connectivity index (χ4n) is 2.67. The van der Waals surface area contributed by atoms with Crippen LogP contribution in [0.2, 0.25) is 0 Å². The van der Waals surface area contributed by atoms with Crippen LogP contribution in [0.5, 0.6) is 0 Å². The molecule has 2 heterocycles. The molecule has 1 aromatic heterocycles. The maximum Gasteiger partial charge on any atom is 0.253 e. The minimum Gasteiger partial charge on any atom is -0.370 e. The molecule has 1 aromatic carbocycles. The highest BCUT2D eigenvalue weighted by atomic mass is 16.5. The van der Waals surface area contributed by atoms with Crippen molar-refractivity contribution in [3.05, 3.63) is 36.0 Å². The van der Waals surface area contributed by atoms with Crippen molar-refractivity contribution < 1.29 is 9.53 Å². The summed E-state index contributed by atoms with van der Waals surface area (Å²) in [5.41, 5.74) is 2.47. The molecule has 1 aliphatic heterocycles. The van der Waals surface area contributed by atoms with Gasteiger partial charge in [0, 0.05) is 36.3 Å². The fourth-order valence-corrected chi connectivity index (χ4v) is 2.67. The molecule has 1 aliphatic rings. The number of aryl methyl sites for hydroxylation is 1.